The van der Waals surface area contributed by atoms with E-state index in [-0.39, 0.29) is 28.7 Å². The smallest absolute Gasteiger partial charge is 0.251 e. The number of hydrogen-bond donors (Lipinski definition) is 3. The van der Waals surface area contributed by atoms with E-state index in [2.05, 4.69) is 37.9 Å². The van der Waals surface area contributed by atoms with Crippen LogP contribution in [0, 0.1) is 0 Å². The second kappa shape index (κ2) is 12.1. The van der Waals surface area contributed by atoms with Gasteiger partial charge in [-0.3, -0.25) is 9.10 Å². The summed E-state index contributed by atoms with van der Waals surface area (Å²) in [6.45, 7) is 1.91. The molecule has 0 radical (unpaired) electrons. The van der Waals surface area contributed by atoms with Crippen LogP contribution in [0.4, 0.5) is 28.8 Å². The van der Waals surface area contributed by atoms with Crippen molar-refractivity contribution in [1.82, 2.24) is 20.2 Å². The van der Waals surface area contributed by atoms with Gasteiger partial charge in [-0.1, -0.05) is 23.7 Å². The van der Waals surface area contributed by atoms with Crippen LogP contribution in [0.3, 0.4) is 0 Å². The molecule has 11 nitrogen and oxygen atoms in total. The molecule has 0 saturated carbocycles. The Morgan fingerprint density at radius 2 is 1.85 bits per heavy atom. The van der Waals surface area contributed by atoms with Gasteiger partial charge in [0.1, 0.15) is 10.8 Å². The number of ether oxygens (including phenoxy) is 1. The molecule has 4 rings (SSSR count). The van der Waals surface area contributed by atoms with Gasteiger partial charge in [-0.2, -0.15) is 4.98 Å². The zero-order valence-corrected chi connectivity index (χ0v) is 23.8. The van der Waals surface area contributed by atoms with Crippen LogP contribution in [0.15, 0.2) is 48.7 Å². The van der Waals surface area contributed by atoms with Gasteiger partial charge < -0.3 is 25.6 Å². The summed E-state index contributed by atoms with van der Waals surface area (Å²) in [5.41, 5.74) is 1.97. The Bertz CT molecular complexity index is 1450. The first-order valence-electron chi connectivity index (χ1n) is 12.3. The van der Waals surface area contributed by atoms with Gasteiger partial charge >= 0.3 is 0 Å². The maximum atomic E-state index is 12.8. The first-order chi connectivity index (χ1) is 18.5. The van der Waals surface area contributed by atoms with Crippen LogP contribution < -0.4 is 25.0 Å². The first kappa shape index (κ1) is 28.4. The number of halogens is 1. The summed E-state index contributed by atoms with van der Waals surface area (Å²) in [5.74, 6) is 0.787. The van der Waals surface area contributed by atoms with Crippen LogP contribution in [-0.2, 0) is 10.0 Å². The largest absolute Gasteiger partial charge is 0.495 e. The van der Waals surface area contributed by atoms with Gasteiger partial charge in [0.15, 0.2) is 5.82 Å². The molecule has 13 heteroatoms. The standard InChI is InChI=1S/C26H32ClN7O4S/c1-33-13-11-18(12-14-33)29-25(35)17-9-10-21(23(15-17)38-3)31-26-28-16-19(27)24(32-26)30-20-7-5-6-8-22(20)34(2)39(4,36)37/h5-10,15-16,18H,11-14H2,1-4H3,(H,29,35)(H2,28,30,31,32). The van der Waals surface area contributed by atoms with Crippen LogP contribution >= 0.6 is 11.6 Å². The van der Waals surface area contributed by atoms with Crippen molar-refractivity contribution in [2.24, 2.45) is 0 Å². The average molecular weight is 574 g/mol. The van der Waals surface area contributed by atoms with Crippen molar-refractivity contribution in [1.29, 1.82) is 0 Å². The minimum Gasteiger partial charge on any atom is -0.495 e. The maximum absolute atomic E-state index is 12.8. The third kappa shape index (κ3) is 7.08. The van der Waals surface area contributed by atoms with E-state index in [1.807, 2.05) is 0 Å². The zero-order chi connectivity index (χ0) is 28.2. The molecule has 1 aliphatic heterocycles. The summed E-state index contributed by atoms with van der Waals surface area (Å²) in [6.07, 6.45) is 4.38. The quantitative estimate of drug-likeness (QED) is 0.349. The molecule has 1 fully saturated rings. The molecule has 1 aliphatic rings. The predicted octanol–water partition coefficient (Wildman–Crippen LogP) is 3.85. The van der Waals surface area contributed by atoms with Crippen molar-refractivity contribution in [3.63, 3.8) is 0 Å². The fourth-order valence-corrected chi connectivity index (χ4v) is 4.81. The lowest BCUT2D eigenvalue weighted by Gasteiger charge is -2.29. The van der Waals surface area contributed by atoms with Crippen LogP contribution in [0.25, 0.3) is 0 Å². The molecular formula is C26H32ClN7O4S. The lowest BCUT2D eigenvalue weighted by Crippen LogP contribution is -2.43. The molecular weight excluding hydrogens is 542 g/mol. The Morgan fingerprint density at radius 1 is 1.13 bits per heavy atom. The van der Waals surface area contributed by atoms with E-state index in [1.54, 1.807) is 42.5 Å². The molecule has 2 heterocycles. The molecule has 39 heavy (non-hydrogen) atoms. The van der Waals surface area contributed by atoms with Gasteiger partial charge in [0.25, 0.3) is 5.91 Å². The number of para-hydroxylation sites is 2. The van der Waals surface area contributed by atoms with Gasteiger partial charge in [0, 0.05) is 18.7 Å². The summed E-state index contributed by atoms with van der Waals surface area (Å²) in [5, 5.41) is 9.54. The predicted molar refractivity (Wildman–Crippen MR) is 154 cm³/mol. The molecule has 1 saturated heterocycles. The summed E-state index contributed by atoms with van der Waals surface area (Å²) in [7, 11) is 1.58. The topological polar surface area (TPSA) is 129 Å². The number of piperidine rings is 1. The number of aromatic nitrogens is 2. The number of carbonyl (C=O) groups excluding carboxylic acids is 1. The summed E-state index contributed by atoms with van der Waals surface area (Å²) >= 11 is 6.35. The molecule has 0 aliphatic carbocycles. The van der Waals surface area contributed by atoms with Crippen LogP contribution in [0.1, 0.15) is 23.2 Å². The molecule has 0 bridgehead atoms. The summed E-state index contributed by atoms with van der Waals surface area (Å²) < 4.78 is 30.9. The molecule has 208 valence electrons. The number of methoxy groups -OCH3 is 1. The Balaban J connectivity index is 1.52. The van der Waals surface area contributed by atoms with E-state index >= 15 is 0 Å². The van der Waals surface area contributed by atoms with E-state index in [9.17, 15) is 13.2 Å². The zero-order valence-electron chi connectivity index (χ0n) is 22.2. The lowest BCUT2D eigenvalue weighted by molar-refractivity contribution is 0.0916. The average Bonchev–Trinajstić information content (AvgIpc) is 2.91. The van der Waals surface area contributed by atoms with Crippen molar-refractivity contribution < 1.29 is 17.9 Å². The number of rotatable bonds is 9. The molecule has 2 aromatic carbocycles. The highest BCUT2D eigenvalue weighted by Crippen LogP contribution is 2.33. The number of hydrogen-bond acceptors (Lipinski definition) is 9. The molecule has 3 N–H and O–H groups in total. The van der Waals surface area contributed by atoms with Crippen molar-refractivity contribution in [2.75, 3.05) is 55.5 Å². The summed E-state index contributed by atoms with van der Waals surface area (Å²) in [6, 6.07) is 12.2. The SMILES string of the molecule is COc1cc(C(=O)NC2CCN(C)CC2)ccc1Nc1ncc(Cl)c(Nc2ccccc2N(C)S(C)(=O)=O)n1. The number of likely N-dealkylation sites (tertiary alicyclic amines) is 1. The van der Waals surface area contributed by atoms with Crippen LogP contribution in [0.2, 0.25) is 5.02 Å². The Hall–Kier alpha value is -3.61. The molecule has 3 aromatic rings. The van der Waals surface area contributed by atoms with Gasteiger partial charge in [-0.05, 0) is 63.3 Å². The monoisotopic (exact) mass is 573 g/mol. The van der Waals surface area contributed by atoms with Crippen molar-refractivity contribution in [3.8, 4) is 5.75 Å². The second-order valence-corrected chi connectivity index (χ2v) is 11.8. The normalized spacial score (nSPS) is 14.5. The molecule has 0 unspecified atom stereocenters. The van der Waals surface area contributed by atoms with E-state index in [0.717, 1.165) is 32.2 Å². The van der Waals surface area contributed by atoms with Gasteiger partial charge in [-0.25, -0.2) is 13.4 Å². The Kier molecular flexibility index (Phi) is 8.78. The third-order valence-electron chi connectivity index (χ3n) is 6.50. The van der Waals surface area contributed by atoms with E-state index in [1.165, 1.54) is 24.7 Å². The minimum absolute atomic E-state index is 0.147. The van der Waals surface area contributed by atoms with Gasteiger partial charge in [-0.15, -0.1) is 0 Å². The lowest BCUT2D eigenvalue weighted by atomic mass is 10.0. The molecule has 0 atom stereocenters. The highest BCUT2D eigenvalue weighted by atomic mass is 35.5. The summed E-state index contributed by atoms with van der Waals surface area (Å²) in [4.78, 5) is 23.8. The number of nitrogens with zero attached hydrogens (tertiary/aromatic N) is 4. The number of sulfonamides is 1. The second-order valence-electron chi connectivity index (χ2n) is 9.35. The Morgan fingerprint density at radius 3 is 2.54 bits per heavy atom. The highest BCUT2D eigenvalue weighted by molar-refractivity contribution is 7.92. The minimum atomic E-state index is -3.49. The van der Waals surface area contributed by atoms with E-state index in [4.69, 9.17) is 16.3 Å². The highest BCUT2D eigenvalue weighted by Gasteiger charge is 2.20. The third-order valence-corrected chi connectivity index (χ3v) is 7.97. The number of anilines is 5. The van der Waals surface area contributed by atoms with Crippen LogP contribution in [-0.4, -0.2) is 75.8 Å². The Labute approximate surface area is 233 Å². The van der Waals surface area contributed by atoms with Crippen molar-refractivity contribution >= 4 is 56.4 Å². The van der Waals surface area contributed by atoms with Gasteiger partial charge in [0.2, 0.25) is 16.0 Å². The number of benzene rings is 2. The van der Waals surface area contributed by atoms with Crippen molar-refractivity contribution in [2.45, 2.75) is 18.9 Å². The van der Waals surface area contributed by atoms with Crippen molar-refractivity contribution in [3.05, 3.63) is 59.2 Å². The number of amides is 1. The molecule has 1 amide bonds. The van der Waals surface area contributed by atoms with E-state index in [0.29, 0.717) is 28.4 Å². The first-order valence-corrected chi connectivity index (χ1v) is 14.5. The van der Waals surface area contributed by atoms with Gasteiger partial charge in [0.05, 0.1) is 36.6 Å². The molecule has 1 aromatic heterocycles. The van der Waals surface area contributed by atoms with Crippen LogP contribution in [0.5, 0.6) is 5.75 Å². The number of nitrogens with one attached hydrogen (secondary N) is 3. The molecule has 0 spiro atoms. The fourth-order valence-electron chi connectivity index (χ4n) is 4.15. The number of carbonyl (C=O) groups is 1. The van der Waals surface area contributed by atoms with E-state index < -0.39 is 10.0 Å². The maximum Gasteiger partial charge on any atom is 0.251 e. The fraction of sp³-hybridized carbons (Fsp3) is 0.346.